The quantitative estimate of drug-likeness (QED) is 0.303. The van der Waals surface area contributed by atoms with Gasteiger partial charge in [-0.25, -0.2) is 0 Å². The Labute approximate surface area is 183 Å². The second-order valence-corrected chi connectivity index (χ2v) is 7.48. The summed E-state index contributed by atoms with van der Waals surface area (Å²) < 4.78 is 18.3. The molecule has 0 fully saturated rings. The molecule has 3 heteroatoms. The molecule has 4 aromatic rings. The molecule has 0 aliphatic rings. The number of aryl methyl sites for hydroxylation is 2. The Balaban J connectivity index is 1.77. The molecule has 3 nitrogen and oxygen atoms in total. The molecule has 0 saturated carbocycles. The van der Waals surface area contributed by atoms with Gasteiger partial charge in [0.05, 0.1) is 7.11 Å². The highest BCUT2D eigenvalue weighted by Gasteiger charge is 2.21. The van der Waals surface area contributed by atoms with Gasteiger partial charge in [-0.2, -0.15) is 0 Å². The van der Waals surface area contributed by atoms with Crippen molar-refractivity contribution in [3.05, 3.63) is 114 Å². The Bertz CT molecular complexity index is 1080. The molecule has 0 saturated heterocycles. The maximum Gasteiger partial charge on any atom is 0.268 e. The molecule has 0 bridgehead atoms. The Morgan fingerprint density at radius 3 is 1.58 bits per heavy atom. The molecule has 0 atom stereocenters. The van der Waals surface area contributed by atoms with Gasteiger partial charge >= 0.3 is 0 Å². The van der Waals surface area contributed by atoms with Crippen molar-refractivity contribution in [2.75, 3.05) is 7.11 Å². The van der Waals surface area contributed by atoms with Crippen LogP contribution in [0.2, 0.25) is 0 Å². The van der Waals surface area contributed by atoms with Crippen LogP contribution in [0, 0.1) is 13.8 Å². The van der Waals surface area contributed by atoms with Crippen LogP contribution < -0.4 is 14.2 Å². The molecule has 31 heavy (non-hydrogen) atoms. The number of para-hydroxylation sites is 1. The SMILES string of the molecule is COc1ccccc1-c1ccccc1C(Oc1ccc(C)cc1)Oc1ccc(C)cc1. The van der Waals surface area contributed by atoms with Crippen molar-refractivity contribution in [2.45, 2.75) is 20.1 Å². The van der Waals surface area contributed by atoms with Gasteiger partial charge in [0.25, 0.3) is 6.29 Å². The third-order valence-corrected chi connectivity index (χ3v) is 5.14. The summed E-state index contributed by atoms with van der Waals surface area (Å²) in [7, 11) is 1.69. The lowest BCUT2D eigenvalue weighted by atomic mass is 9.98. The Morgan fingerprint density at radius 1 is 0.548 bits per heavy atom. The van der Waals surface area contributed by atoms with E-state index in [1.165, 1.54) is 11.1 Å². The average Bonchev–Trinajstić information content (AvgIpc) is 2.81. The summed E-state index contributed by atoms with van der Waals surface area (Å²) in [5.74, 6) is 2.30. The standard InChI is InChI=1S/C28H26O3/c1-20-12-16-22(17-13-20)30-28(31-23-18-14-21(2)15-19-23)26-10-5-4-8-24(26)25-9-6-7-11-27(25)29-3/h4-19,28H,1-3H3. The Kier molecular flexibility index (Phi) is 6.23. The molecule has 0 aliphatic heterocycles. The van der Waals surface area contributed by atoms with Crippen LogP contribution in [0.1, 0.15) is 23.0 Å². The van der Waals surface area contributed by atoms with Gasteiger partial charge in [0.1, 0.15) is 17.2 Å². The van der Waals surface area contributed by atoms with Crippen molar-refractivity contribution >= 4 is 0 Å². The fourth-order valence-corrected chi connectivity index (χ4v) is 3.45. The molecule has 4 rings (SSSR count). The van der Waals surface area contributed by atoms with Crippen molar-refractivity contribution in [3.63, 3.8) is 0 Å². The van der Waals surface area contributed by atoms with E-state index in [1.54, 1.807) is 7.11 Å². The van der Waals surface area contributed by atoms with Crippen LogP contribution in [0.3, 0.4) is 0 Å². The topological polar surface area (TPSA) is 27.7 Å². The first-order valence-electron chi connectivity index (χ1n) is 10.3. The van der Waals surface area contributed by atoms with Gasteiger partial charge in [-0.15, -0.1) is 0 Å². The van der Waals surface area contributed by atoms with E-state index in [0.717, 1.165) is 33.9 Å². The molecule has 0 aromatic heterocycles. The van der Waals surface area contributed by atoms with Crippen LogP contribution in [0.25, 0.3) is 11.1 Å². The third-order valence-electron chi connectivity index (χ3n) is 5.14. The van der Waals surface area contributed by atoms with E-state index in [4.69, 9.17) is 14.2 Å². The second kappa shape index (κ2) is 9.40. The summed E-state index contributed by atoms with van der Waals surface area (Å²) in [5.41, 5.74) is 5.28. The van der Waals surface area contributed by atoms with Gasteiger partial charge < -0.3 is 14.2 Å². The maximum atomic E-state index is 6.36. The van der Waals surface area contributed by atoms with Crippen LogP contribution in [-0.4, -0.2) is 7.11 Å². The first kappa shape index (κ1) is 20.5. The number of rotatable bonds is 7. The molecule has 0 heterocycles. The summed E-state index contributed by atoms with van der Waals surface area (Å²) in [6.07, 6.45) is -0.633. The zero-order valence-corrected chi connectivity index (χ0v) is 18.0. The minimum atomic E-state index is -0.633. The Morgan fingerprint density at radius 2 is 1.03 bits per heavy atom. The summed E-state index contributed by atoms with van der Waals surface area (Å²) in [5, 5.41) is 0. The third kappa shape index (κ3) is 4.89. The fourth-order valence-electron chi connectivity index (χ4n) is 3.45. The van der Waals surface area contributed by atoms with Gasteiger partial charge in [0.15, 0.2) is 0 Å². The monoisotopic (exact) mass is 410 g/mol. The van der Waals surface area contributed by atoms with E-state index in [1.807, 2.05) is 91.0 Å². The van der Waals surface area contributed by atoms with Crippen LogP contribution in [-0.2, 0) is 0 Å². The first-order valence-corrected chi connectivity index (χ1v) is 10.3. The zero-order chi connectivity index (χ0) is 21.6. The van der Waals surface area contributed by atoms with Crippen LogP contribution in [0.5, 0.6) is 17.2 Å². The van der Waals surface area contributed by atoms with E-state index in [0.29, 0.717) is 0 Å². The molecule has 4 aromatic carbocycles. The Hall–Kier alpha value is -3.72. The highest BCUT2D eigenvalue weighted by Crippen LogP contribution is 2.37. The van der Waals surface area contributed by atoms with Gasteiger partial charge in [0.2, 0.25) is 0 Å². The maximum absolute atomic E-state index is 6.36. The van der Waals surface area contributed by atoms with E-state index < -0.39 is 6.29 Å². The summed E-state index contributed by atoms with van der Waals surface area (Å²) in [4.78, 5) is 0. The normalized spacial score (nSPS) is 10.7. The van der Waals surface area contributed by atoms with Crippen molar-refractivity contribution < 1.29 is 14.2 Å². The molecule has 156 valence electrons. The van der Waals surface area contributed by atoms with Gasteiger partial charge in [0, 0.05) is 11.1 Å². The molecule has 0 radical (unpaired) electrons. The lowest BCUT2D eigenvalue weighted by molar-refractivity contribution is 0.00425. The fraction of sp³-hybridized carbons (Fsp3) is 0.143. The van der Waals surface area contributed by atoms with Crippen LogP contribution >= 0.6 is 0 Å². The number of methoxy groups -OCH3 is 1. The number of hydrogen-bond acceptors (Lipinski definition) is 3. The molecular formula is C28H26O3. The highest BCUT2D eigenvalue weighted by molar-refractivity contribution is 5.73. The number of hydrogen-bond donors (Lipinski definition) is 0. The second-order valence-electron chi connectivity index (χ2n) is 7.48. The van der Waals surface area contributed by atoms with Crippen LogP contribution in [0.4, 0.5) is 0 Å². The zero-order valence-electron chi connectivity index (χ0n) is 18.0. The van der Waals surface area contributed by atoms with Gasteiger partial charge in [-0.3, -0.25) is 0 Å². The summed E-state index contributed by atoms with van der Waals surface area (Å²) in [6, 6.07) is 32.1. The molecular weight excluding hydrogens is 384 g/mol. The molecule has 0 spiro atoms. The number of benzene rings is 4. The minimum absolute atomic E-state index is 0.633. The average molecular weight is 411 g/mol. The molecule has 0 unspecified atom stereocenters. The summed E-state index contributed by atoms with van der Waals surface area (Å²) in [6.45, 7) is 4.11. The van der Waals surface area contributed by atoms with E-state index in [-0.39, 0.29) is 0 Å². The van der Waals surface area contributed by atoms with Gasteiger partial charge in [-0.1, -0.05) is 77.9 Å². The highest BCUT2D eigenvalue weighted by atomic mass is 16.7. The van der Waals surface area contributed by atoms with E-state index in [2.05, 4.69) is 19.9 Å². The summed E-state index contributed by atoms with van der Waals surface area (Å²) >= 11 is 0. The van der Waals surface area contributed by atoms with Crippen molar-refractivity contribution in [1.29, 1.82) is 0 Å². The van der Waals surface area contributed by atoms with Crippen molar-refractivity contribution in [3.8, 4) is 28.4 Å². The lowest BCUT2D eigenvalue weighted by Crippen LogP contribution is -2.16. The molecule has 0 amide bonds. The molecule has 0 N–H and O–H groups in total. The predicted molar refractivity (Wildman–Crippen MR) is 125 cm³/mol. The van der Waals surface area contributed by atoms with E-state index in [9.17, 15) is 0 Å². The molecule has 0 aliphatic carbocycles. The van der Waals surface area contributed by atoms with Gasteiger partial charge in [-0.05, 0) is 49.7 Å². The number of ether oxygens (including phenoxy) is 3. The minimum Gasteiger partial charge on any atom is -0.496 e. The first-order chi connectivity index (χ1) is 15.1. The van der Waals surface area contributed by atoms with Crippen LogP contribution in [0.15, 0.2) is 97.1 Å². The largest absolute Gasteiger partial charge is 0.496 e. The smallest absolute Gasteiger partial charge is 0.268 e. The van der Waals surface area contributed by atoms with Crippen molar-refractivity contribution in [2.24, 2.45) is 0 Å². The van der Waals surface area contributed by atoms with Crippen molar-refractivity contribution in [1.82, 2.24) is 0 Å². The predicted octanol–water partition coefficient (Wildman–Crippen LogP) is 7.14. The van der Waals surface area contributed by atoms with E-state index >= 15 is 0 Å². The lowest BCUT2D eigenvalue weighted by Gasteiger charge is -2.24.